The standard InChI is InChI=1S/C17H26N6.HI/c1-13-21-22-15(23(13)5)12-19-16(20-17(2,3)4)18-11-14-9-7-6-8-10-14;/h6-10H,11-12H2,1-5H3,(H2,18,19,20);1H. The fourth-order valence-electron chi connectivity index (χ4n) is 2.02. The average molecular weight is 442 g/mol. The Morgan fingerprint density at radius 2 is 1.83 bits per heavy atom. The zero-order valence-corrected chi connectivity index (χ0v) is 17.3. The van der Waals surface area contributed by atoms with Gasteiger partial charge in [0, 0.05) is 12.6 Å². The Kier molecular flexibility index (Phi) is 7.65. The average Bonchev–Trinajstić information content (AvgIpc) is 2.81. The summed E-state index contributed by atoms with van der Waals surface area (Å²) < 4.78 is 1.97. The van der Waals surface area contributed by atoms with Crippen LogP contribution in [-0.2, 0) is 20.1 Å². The number of hydrogen-bond acceptors (Lipinski definition) is 3. The molecule has 2 rings (SSSR count). The van der Waals surface area contributed by atoms with Crippen LogP contribution in [0.25, 0.3) is 0 Å². The van der Waals surface area contributed by atoms with Gasteiger partial charge in [-0.15, -0.1) is 34.2 Å². The summed E-state index contributed by atoms with van der Waals surface area (Å²) >= 11 is 0. The Morgan fingerprint density at radius 1 is 1.17 bits per heavy atom. The summed E-state index contributed by atoms with van der Waals surface area (Å²) in [5.74, 6) is 2.54. The van der Waals surface area contributed by atoms with Crippen molar-refractivity contribution in [2.75, 3.05) is 0 Å². The molecule has 2 aromatic rings. The number of halogens is 1. The molecule has 0 bridgehead atoms. The lowest BCUT2D eigenvalue weighted by atomic mass is 10.1. The number of aryl methyl sites for hydroxylation is 1. The third-order valence-corrected chi connectivity index (χ3v) is 3.35. The Morgan fingerprint density at radius 3 is 2.38 bits per heavy atom. The van der Waals surface area contributed by atoms with Gasteiger partial charge in [0.1, 0.15) is 5.82 Å². The number of guanidine groups is 1. The first-order valence-corrected chi connectivity index (χ1v) is 7.80. The molecule has 2 N–H and O–H groups in total. The lowest BCUT2D eigenvalue weighted by Crippen LogP contribution is -2.47. The molecule has 1 aromatic carbocycles. The highest BCUT2D eigenvalue weighted by Gasteiger charge is 2.13. The molecule has 1 aromatic heterocycles. The molecule has 0 fully saturated rings. The number of benzene rings is 1. The zero-order chi connectivity index (χ0) is 16.9. The van der Waals surface area contributed by atoms with Gasteiger partial charge in [-0.05, 0) is 33.3 Å². The van der Waals surface area contributed by atoms with Gasteiger partial charge in [-0.3, -0.25) is 0 Å². The predicted molar refractivity (Wildman–Crippen MR) is 108 cm³/mol. The lowest BCUT2D eigenvalue weighted by Gasteiger charge is -2.24. The van der Waals surface area contributed by atoms with Gasteiger partial charge in [0.2, 0.25) is 0 Å². The molecule has 0 saturated heterocycles. The maximum atomic E-state index is 4.67. The van der Waals surface area contributed by atoms with Crippen LogP contribution in [-0.4, -0.2) is 26.3 Å². The van der Waals surface area contributed by atoms with Gasteiger partial charge in [0.25, 0.3) is 0 Å². The maximum absolute atomic E-state index is 4.67. The van der Waals surface area contributed by atoms with Gasteiger partial charge >= 0.3 is 0 Å². The van der Waals surface area contributed by atoms with Crippen molar-refractivity contribution in [1.29, 1.82) is 0 Å². The molecule has 0 radical (unpaired) electrons. The van der Waals surface area contributed by atoms with E-state index in [9.17, 15) is 0 Å². The normalized spacial score (nSPS) is 11.8. The molecule has 7 heteroatoms. The molecule has 1 heterocycles. The molecule has 132 valence electrons. The van der Waals surface area contributed by atoms with Crippen LogP contribution in [0, 0.1) is 6.92 Å². The number of rotatable bonds is 4. The van der Waals surface area contributed by atoms with E-state index in [0.717, 1.165) is 17.6 Å². The largest absolute Gasteiger partial charge is 0.352 e. The van der Waals surface area contributed by atoms with Crippen molar-refractivity contribution < 1.29 is 0 Å². The van der Waals surface area contributed by atoms with Crippen LogP contribution < -0.4 is 10.6 Å². The van der Waals surface area contributed by atoms with Crippen LogP contribution in [0.2, 0.25) is 0 Å². The molecule has 0 unspecified atom stereocenters. The first-order valence-electron chi connectivity index (χ1n) is 7.80. The van der Waals surface area contributed by atoms with Gasteiger partial charge < -0.3 is 15.2 Å². The van der Waals surface area contributed by atoms with Crippen molar-refractivity contribution in [3.05, 3.63) is 47.5 Å². The number of aromatic nitrogens is 3. The molecule has 0 saturated carbocycles. The molecule has 24 heavy (non-hydrogen) atoms. The summed E-state index contributed by atoms with van der Waals surface area (Å²) in [6.45, 7) is 9.48. The Hall–Kier alpha value is -1.64. The van der Waals surface area contributed by atoms with E-state index in [0.29, 0.717) is 13.1 Å². The second-order valence-electron chi connectivity index (χ2n) is 6.60. The van der Waals surface area contributed by atoms with Crippen LogP contribution >= 0.6 is 24.0 Å². The molecule has 0 atom stereocenters. The van der Waals surface area contributed by atoms with E-state index < -0.39 is 0 Å². The Labute approximate surface area is 161 Å². The minimum absolute atomic E-state index is 0. The monoisotopic (exact) mass is 442 g/mol. The van der Waals surface area contributed by atoms with Gasteiger partial charge in [-0.2, -0.15) is 0 Å². The summed E-state index contributed by atoms with van der Waals surface area (Å²) in [7, 11) is 1.96. The molecule has 0 spiro atoms. The molecule has 0 aliphatic rings. The van der Waals surface area contributed by atoms with E-state index in [4.69, 9.17) is 0 Å². The summed E-state index contributed by atoms with van der Waals surface area (Å²) in [6, 6.07) is 10.2. The fraction of sp³-hybridized carbons (Fsp3) is 0.471. The van der Waals surface area contributed by atoms with Gasteiger partial charge in [-0.25, -0.2) is 4.99 Å². The molecule has 0 aliphatic carbocycles. The van der Waals surface area contributed by atoms with E-state index in [2.05, 4.69) is 58.7 Å². The van der Waals surface area contributed by atoms with Crippen LogP contribution in [0.15, 0.2) is 35.3 Å². The van der Waals surface area contributed by atoms with Gasteiger partial charge in [0.15, 0.2) is 11.8 Å². The molecule has 6 nitrogen and oxygen atoms in total. The second kappa shape index (κ2) is 9.00. The summed E-state index contributed by atoms with van der Waals surface area (Å²) in [5.41, 5.74) is 1.11. The van der Waals surface area contributed by atoms with E-state index in [1.165, 1.54) is 5.56 Å². The first-order chi connectivity index (χ1) is 10.8. The van der Waals surface area contributed by atoms with Gasteiger partial charge in [-0.1, -0.05) is 30.3 Å². The molecular weight excluding hydrogens is 415 g/mol. The van der Waals surface area contributed by atoms with Gasteiger partial charge in [0.05, 0.1) is 13.1 Å². The Balaban J connectivity index is 0.00000288. The predicted octanol–water partition coefficient (Wildman–Crippen LogP) is 2.78. The van der Waals surface area contributed by atoms with Crippen LogP contribution in [0.1, 0.15) is 38.0 Å². The summed E-state index contributed by atoms with van der Waals surface area (Å²) in [4.78, 5) is 4.67. The highest BCUT2D eigenvalue weighted by Crippen LogP contribution is 2.03. The van der Waals surface area contributed by atoms with Crippen molar-refractivity contribution in [1.82, 2.24) is 25.4 Å². The summed E-state index contributed by atoms with van der Waals surface area (Å²) in [5, 5.41) is 15.0. The number of nitrogens with zero attached hydrogens (tertiary/aromatic N) is 4. The minimum Gasteiger partial charge on any atom is -0.352 e. The number of hydrogen-bond donors (Lipinski definition) is 2. The minimum atomic E-state index is -0.0711. The van der Waals surface area contributed by atoms with Crippen molar-refractivity contribution in [2.24, 2.45) is 12.0 Å². The van der Waals surface area contributed by atoms with Crippen molar-refractivity contribution in [3.63, 3.8) is 0 Å². The SMILES string of the molecule is Cc1nnc(CNC(=NCc2ccccc2)NC(C)(C)C)n1C.I. The van der Waals surface area contributed by atoms with Crippen LogP contribution in [0.4, 0.5) is 0 Å². The van der Waals surface area contributed by atoms with Crippen molar-refractivity contribution in [3.8, 4) is 0 Å². The molecule has 0 aliphatic heterocycles. The van der Waals surface area contributed by atoms with Crippen molar-refractivity contribution >= 4 is 29.9 Å². The number of aliphatic imine (C=N–C) groups is 1. The zero-order valence-electron chi connectivity index (χ0n) is 15.0. The molecule has 0 amide bonds. The van der Waals surface area contributed by atoms with E-state index >= 15 is 0 Å². The second-order valence-corrected chi connectivity index (χ2v) is 6.60. The highest BCUT2D eigenvalue weighted by atomic mass is 127. The van der Waals surface area contributed by atoms with Crippen LogP contribution in [0.5, 0.6) is 0 Å². The maximum Gasteiger partial charge on any atom is 0.192 e. The van der Waals surface area contributed by atoms with E-state index in [-0.39, 0.29) is 29.5 Å². The van der Waals surface area contributed by atoms with Crippen LogP contribution in [0.3, 0.4) is 0 Å². The third-order valence-electron chi connectivity index (χ3n) is 3.35. The van der Waals surface area contributed by atoms with Crippen molar-refractivity contribution in [2.45, 2.75) is 46.3 Å². The lowest BCUT2D eigenvalue weighted by molar-refractivity contribution is 0.499. The topological polar surface area (TPSA) is 67.1 Å². The van der Waals surface area contributed by atoms with E-state index in [1.54, 1.807) is 0 Å². The summed E-state index contributed by atoms with van der Waals surface area (Å²) in [6.07, 6.45) is 0. The van der Waals surface area contributed by atoms with E-state index in [1.807, 2.05) is 36.7 Å². The quantitative estimate of drug-likeness (QED) is 0.434. The highest BCUT2D eigenvalue weighted by molar-refractivity contribution is 14.0. The molecular formula is C17H27IN6. The number of nitrogens with one attached hydrogen (secondary N) is 2. The Bertz CT molecular complexity index is 657. The fourth-order valence-corrected chi connectivity index (χ4v) is 2.02. The first kappa shape index (κ1) is 20.4. The third kappa shape index (κ3) is 6.46. The smallest absolute Gasteiger partial charge is 0.192 e.